The van der Waals surface area contributed by atoms with Crippen molar-refractivity contribution in [2.24, 2.45) is 0 Å². The molecule has 3 rings (SSSR count). The number of hydrogen-bond donors (Lipinski definition) is 1. The van der Waals surface area contributed by atoms with Crippen molar-refractivity contribution in [3.05, 3.63) is 77.6 Å². The van der Waals surface area contributed by atoms with Crippen LogP contribution in [-0.2, 0) is 14.3 Å². The number of aromatic nitrogens is 2. The van der Waals surface area contributed by atoms with Crippen LogP contribution in [0, 0.1) is 13.8 Å². The summed E-state index contributed by atoms with van der Waals surface area (Å²) >= 11 is 0. The van der Waals surface area contributed by atoms with Gasteiger partial charge in [0.05, 0.1) is 29.2 Å². The SMILES string of the molecule is Cc1nn(-c2ccccc2)c(C)c1NC(=O)COC(=O)C[C@H](C)c1ccccc1. The maximum absolute atomic E-state index is 12.3. The number of para-hydroxylation sites is 1. The summed E-state index contributed by atoms with van der Waals surface area (Å²) in [6.07, 6.45) is 0.224. The quantitative estimate of drug-likeness (QED) is 0.614. The summed E-state index contributed by atoms with van der Waals surface area (Å²) in [5.41, 5.74) is 4.12. The minimum atomic E-state index is -0.398. The molecule has 3 aromatic rings. The third kappa shape index (κ3) is 5.10. The zero-order chi connectivity index (χ0) is 20.8. The van der Waals surface area contributed by atoms with Gasteiger partial charge in [-0.25, -0.2) is 4.68 Å². The van der Waals surface area contributed by atoms with Crippen LogP contribution in [0.3, 0.4) is 0 Å². The number of aryl methyl sites for hydroxylation is 1. The van der Waals surface area contributed by atoms with Crippen LogP contribution in [0.15, 0.2) is 60.7 Å². The van der Waals surface area contributed by atoms with Gasteiger partial charge in [0.25, 0.3) is 5.91 Å². The smallest absolute Gasteiger partial charge is 0.306 e. The molecule has 0 spiro atoms. The molecule has 0 aliphatic heterocycles. The van der Waals surface area contributed by atoms with Gasteiger partial charge in [0.1, 0.15) is 0 Å². The minimum absolute atomic E-state index is 0.0281. The van der Waals surface area contributed by atoms with E-state index in [2.05, 4.69) is 10.4 Å². The van der Waals surface area contributed by atoms with Crippen LogP contribution in [0.25, 0.3) is 5.69 Å². The van der Waals surface area contributed by atoms with Crippen LogP contribution >= 0.6 is 0 Å². The second-order valence-corrected chi connectivity index (χ2v) is 7.02. The number of nitrogens with one attached hydrogen (secondary N) is 1. The summed E-state index contributed by atoms with van der Waals surface area (Å²) in [6, 6.07) is 19.4. The van der Waals surface area contributed by atoms with Gasteiger partial charge in [0, 0.05) is 0 Å². The molecule has 0 aliphatic rings. The van der Waals surface area contributed by atoms with E-state index in [0.29, 0.717) is 11.4 Å². The van der Waals surface area contributed by atoms with Gasteiger partial charge in [0.2, 0.25) is 0 Å². The molecule has 0 unspecified atom stereocenters. The van der Waals surface area contributed by atoms with E-state index in [4.69, 9.17) is 4.74 Å². The average Bonchev–Trinajstić information content (AvgIpc) is 3.02. The fraction of sp³-hybridized carbons (Fsp3) is 0.261. The molecular formula is C23H25N3O3. The van der Waals surface area contributed by atoms with Gasteiger partial charge in [-0.05, 0) is 37.5 Å². The summed E-state index contributed by atoms with van der Waals surface area (Å²) < 4.78 is 6.94. The van der Waals surface area contributed by atoms with E-state index in [-0.39, 0.29) is 24.9 Å². The number of esters is 1. The van der Waals surface area contributed by atoms with E-state index in [9.17, 15) is 9.59 Å². The number of hydrogen-bond acceptors (Lipinski definition) is 4. The lowest BCUT2D eigenvalue weighted by Crippen LogP contribution is -2.22. The first kappa shape index (κ1) is 20.3. The second kappa shape index (κ2) is 9.19. The molecular weight excluding hydrogens is 366 g/mol. The molecule has 0 saturated carbocycles. The van der Waals surface area contributed by atoms with Gasteiger partial charge in [-0.3, -0.25) is 9.59 Å². The van der Waals surface area contributed by atoms with Crippen molar-refractivity contribution in [2.45, 2.75) is 33.1 Å². The Hall–Kier alpha value is -3.41. The van der Waals surface area contributed by atoms with Crippen LogP contribution in [0.2, 0.25) is 0 Å². The molecule has 0 bridgehead atoms. The van der Waals surface area contributed by atoms with E-state index in [0.717, 1.165) is 16.9 Å². The van der Waals surface area contributed by atoms with E-state index in [1.54, 1.807) is 4.68 Å². The standard InChI is InChI=1S/C23H25N3O3/c1-16(19-10-6-4-7-11-19)14-22(28)29-15-21(27)24-23-17(2)25-26(18(23)3)20-12-8-5-9-13-20/h4-13,16H,14-15H2,1-3H3,(H,24,27)/t16-/m0/s1. The summed E-state index contributed by atoms with van der Waals surface area (Å²) in [5, 5.41) is 7.31. The first-order valence-electron chi connectivity index (χ1n) is 9.57. The third-order valence-electron chi connectivity index (χ3n) is 4.76. The molecule has 1 N–H and O–H groups in total. The summed E-state index contributed by atoms with van der Waals surface area (Å²) in [5.74, 6) is -0.755. The molecule has 1 heterocycles. The number of anilines is 1. The molecule has 1 aromatic heterocycles. The first-order chi connectivity index (χ1) is 14.0. The summed E-state index contributed by atoms with van der Waals surface area (Å²) in [7, 11) is 0. The molecule has 2 aromatic carbocycles. The Labute approximate surface area is 170 Å². The van der Waals surface area contributed by atoms with Gasteiger partial charge in [-0.1, -0.05) is 55.5 Å². The molecule has 0 saturated heterocycles. The number of amides is 1. The third-order valence-corrected chi connectivity index (χ3v) is 4.76. The Bertz CT molecular complexity index is 981. The molecule has 1 atom stereocenters. The number of rotatable bonds is 7. The predicted molar refractivity (Wildman–Crippen MR) is 112 cm³/mol. The lowest BCUT2D eigenvalue weighted by Gasteiger charge is -2.11. The highest BCUT2D eigenvalue weighted by Gasteiger charge is 2.17. The highest BCUT2D eigenvalue weighted by molar-refractivity contribution is 5.94. The van der Waals surface area contributed by atoms with Crippen molar-refractivity contribution in [2.75, 3.05) is 11.9 Å². The van der Waals surface area contributed by atoms with Gasteiger partial charge in [-0.15, -0.1) is 0 Å². The molecule has 6 nitrogen and oxygen atoms in total. The van der Waals surface area contributed by atoms with Crippen molar-refractivity contribution in [3.8, 4) is 5.69 Å². The number of benzene rings is 2. The Morgan fingerprint density at radius 2 is 1.66 bits per heavy atom. The zero-order valence-electron chi connectivity index (χ0n) is 16.9. The van der Waals surface area contributed by atoms with Crippen molar-refractivity contribution in [1.82, 2.24) is 9.78 Å². The topological polar surface area (TPSA) is 73.2 Å². The average molecular weight is 391 g/mol. The normalized spacial score (nSPS) is 11.7. The molecule has 0 aliphatic carbocycles. The van der Waals surface area contributed by atoms with Crippen LogP contribution in [0.5, 0.6) is 0 Å². The summed E-state index contributed by atoms with van der Waals surface area (Å²) in [4.78, 5) is 24.4. The van der Waals surface area contributed by atoms with Crippen molar-refractivity contribution < 1.29 is 14.3 Å². The predicted octanol–water partition coefficient (Wildman–Crippen LogP) is 4.16. The second-order valence-electron chi connectivity index (χ2n) is 7.02. The molecule has 6 heteroatoms. The monoisotopic (exact) mass is 391 g/mol. The Morgan fingerprint density at radius 3 is 2.31 bits per heavy atom. The van der Waals surface area contributed by atoms with Gasteiger partial charge in [0.15, 0.2) is 6.61 Å². The summed E-state index contributed by atoms with van der Waals surface area (Å²) in [6.45, 7) is 5.35. The number of ether oxygens (including phenoxy) is 1. The van der Waals surface area contributed by atoms with E-state index < -0.39 is 5.97 Å². The number of carbonyl (C=O) groups excluding carboxylic acids is 2. The molecule has 0 radical (unpaired) electrons. The highest BCUT2D eigenvalue weighted by Crippen LogP contribution is 2.23. The highest BCUT2D eigenvalue weighted by atomic mass is 16.5. The first-order valence-corrected chi connectivity index (χ1v) is 9.57. The Kier molecular flexibility index (Phi) is 6.44. The van der Waals surface area contributed by atoms with E-state index in [1.807, 2.05) is 81.4 Å². The van der Waals surface area contributed by atoms with Crippen molar-refractivity contribution >= 4 is 17.6 Å². The van der Waals surface area contributed by atoms with Crippen LogP contribution < -0.4 is 5.32 Å². The van der Waals surface area contributed by atoms with E-state index >= 15 is 0 Å². The molecule has 1 amide bonds. The number of carbonyl (C=O) groups is 2. The fourth-order valence-corrected chi connectivity index (χ4v) is 3.17. The minimum Gasteiger partial charge on any atom is -0.456 e. The molecule has 0 fully saturated rings. The Balaban J connectivity index is 1.56. The zero-order valence-corrected chi connectivity index (χ0v) is 16.9. The molecule has 150 valence electrons. The largest absolute Gasteiger partial charge is 0.456 e. The van der Waals surface area contributed by atoms with Gasteiger partial charge >= 0.3 is 5.97 Å². The van der Waals surface area contributed by atoms with Gasteiger partial charge < -0.3 is 10.1 Å². The lowest BCUT2D eigenvalue weighted by molar-refractivity contribution is -0.147. The maximum atomic E-state index is 12.3. The molecule has 29 heavy (non-hydrogen) atoms. The van der Waals surface area contributed by atoms with Crippen LogP contribution in [-0.4, -0.2) is 28.3 Å². The van der Waals surface area contributed by atoms with Crippen molar-refractivity contribution in [1.29, 1.82) is 0 Å². The van der Waals surface area contributed by atoms with Crippen LogP contribution in [0.4, 0.5) is 5.69 Å². The number of nitrogens with zero attached hydrogens (tertiary/aromatic N) is 2. The van der Waals surface area contributed by atoms with Crippen LogP contribution in [0.1, 0.15) is 36.2 Å². The van der Waals surface area contributed by atoms with Crippen molar-refractivity contribution in [3.63, 3.8) is 0 Å². The fourth-order valence-electron chi connectivity index (χ4n) is 3.17. The van der Waals surface area contributed by atoms with Gasteiger partial charge in [-0.2, -0.15) is 5.10 Å². The Morgan fingerprint density at radius 1 is 1.03 bits per heavy atom. The maximum Gasteiger partial charge on any atom is 0.306 e. The van der Waals surface area contributed by atoms with E-state index in [1.165, 1.54) is 0 Å². The lowest BCUT2D eigenvalue weighted by atomic mass is 9.98.